The predicted molar refractivity (Wildman–Crippen MR) is 120 cm³/mol. The fraction of sp³-hybridized carbons (Fsp3) is 0.682. The first-order valence-electron chi connectivity index (χ1n) is 11.7. The Balaban J connectivity index is 1.50. The highest BCUT2D eigenvalue weighted by molar-refractivity contribution is 5.81. The summed E-state index contributed by atoms with van der Waals surface area (Å²) < 4.78 is 35.6. The largest absolute Gasteiger partial charge is 0.467 e. The van der Waals surface area contributed by atoms with Crippen molar-refractivity contribution < 1.29 is 48.2 Å². The molecule has 3 aliphatic rings. The topological polar surface area (TPSA) is 200 Å². The van der Waals surface area contributed by atoms with Crippen molar-refractivity contribution in [2.75, 3.05) is 20.0 Å². The number of anilines is 1. The van der Waals surface area contributed by atoms with Crippen molar-refractivity contribution >= 4 is 28.9 Å². The highest BCUT2D eigenvalue weighted by Crippen LogP contribution is 2.47. The normalized spacial score (nSPS) is 37.3. The van der Waals surface area contributed by atoms with Crippen LogP contribution < -0.4 is 5.73 Å². The van der Waals surface area contributed by atoms with Gasteiger partial charge >= 0.3 is 11.9 Å². The SMILES string of the molecule is COC(=O)[C@H]1O[C@@H]2C[C@H]3OC(n4cnc5c(N)ncnc54)[C@H](OC)[C@H]3O[C@@]2(O)[C@@H](OC(=O)C(C)C)[C@@H]1O. The molecule has 2 aromatic heterocycles. The molecule has 4 N–H and O–H groups in total. The molecule has 5 rings (SSSR count). The number of aliphatic hydroxyl groups is 2. The number of ether oxygens (including phenoxy) is 6. The molecular formula is C22H29N5O10. The van der Waals surface area contributed by atoms with Crippen LogP contribution >= 0.6 is 0 Å². The zero-order valence-corrected chi connectivity index (χ0v) is 20.6. The summed E-state index contributed by atoms with van der Waals surface area (Å²) in [5, 5.41) is 22.6. The number of nitrogens with two attached hydrogens (primary N) is 1. The minimum absolute atomic E-state index is 0.0111. The molecule has 2 aromatic rings. The number of aliphatic hydroxyl groups excluding tert-OH is 1. The average molecular weight is 523 g/mol. The van der Waals surface area contributed by atoms with E-state index in [1.807, 2.05) is 0 Å². The van der Waals surface area contributed by atoms with E-state index >= 15 is 0 Å². The van der Waals surface area contributed by atoms with E-state index in [0.717, 1.165) is 7.11 Å². The number of rotatable bonds is 5. The summed E-state index contributed by atoms with van der Waals surface area (Å²) in [6.07, 6.45) is -6.58. The Morgan fingerprint density at radius 3 is 2.68 bits per heavy atom. The fourth-order valence-corrected chi connectivity index (χ4v) is 5.04. The number of nitrogens with zero attached hydrogens (tertiary/aromatic N) is 4. The first-order chi connectivity index (χ1) is 17.6. The number of methoxy groups -OCH3 is 2. The summed E-state index contributed by atoms with van der Waals surface area (Å²) in [7, 11) is 2.57. The second kappa shape index (κ2) is 9.41. The van der Waals surface area contributed by atoms with Crippen molar-refractivity contribution in [2.24, 2.45) is 5.92 Å². The van der Waals surface area contributed by atoms with E-state index in [-0.39, 0.29) is 12.2 Å². The van der Waals surface area contributed by atoms with Crippen LogP contribution in [0.5, 0.6) is 0 Å². The number of imidazole rings is 1. The van der Waals surface area contributed by atoms with E-state index in [0.29, 0.717) is 11.2 Å². The molecule has 1 unspecified atom stereocenters. The van der Waals surface area contributed by atoms with E-state index in [1.165, 1.54) is 19.8 Å². The molecule has 3 fully saturated rings. The molecule has 0 aliphatic carbocycles. The molecule has 3 saturated heterocycles. The highest BCUT2D eigenvalue weighted by atomic mass is 16.7. The molecule has 9 atom stereocenters. The van der Waals surface area contributed by atoms with Crippen molar-refractivity contribution in [3.8, 4) is 0 Å². The summed E-state index contributed by atoms with van der Waals surface area (Å²) >= 11 is 0. The van der Waals surface area contributed by atoms with Crippen LogP contribution in [0.2, 0.25) is 0 Å². The van der Waals surface area contributed by atoms with Gasteiger partial charge in [0.2, 0.25) is 5.79 Å². The number of hydrogen-bond donors (Lipinski definition) is 3. The minimum Gasteiger partial charge on any atom is -0.467 e. The average Bonchev–Trinajstić information content (AvgIpc) is 3.45. The quantitative estimate of drug-likeness (QED) is 0.389. The third kappa shape index (κ3) is 4.02. The van der Waals surface area contributed by atoms with Gasteiger partial charge in [-0.3, -0.25) is 9.36 Å². The van der Waals surface area contributed by atoms with Crippen LogP contribution in [0.25, 0.3) is 11.2 Å². The zero-order chi connectivity index (χ0) is 26.6. The summed E-state index contributed by atoms with van der Waals surface area (Å²) in [6.45, 7) is 3.18. The Kier molecular flexibility index (Phi) is 6.54. The second-order valence-corrected chi connectivity index (χ2v) is 9.49. The molecule has 15 heteroatoms. The van der Waals surface area contributed by atoms with E-state index in [1.54, 1.807) is 18.4 Å². The molecule has 0 saturated carbocycles. The van der Waals surface area contributed by atoms with Gasteiger partial charge in [-0.25, -0.2) is 19.7 Å². The van der Waals surface area contributed by atoms with Gasteiger partial charge in [0.25, 0.3) is 0 Å². The lowest BCUT2D eigenvalue weighted by atomic mass is 9.84. The van der Waals surface area contributed by atoms with Gasteiger partial charge in [0, 0.05) is 13.5 Å². The number of aromatic nitrogens is 4. The van der Waals surface area contributed by atoms with E-state index in [2.05, 4.69) is 15.0 Å². The van der Waals surface area contributed by atoms with Gasteiger partial charge in [-0.15, -0.1) is 0 Å². The van der Waals surface area contributed by atoms with Crippen LogP contribution in [0.3, 0.4) is 0 Å². The molecule has 0 amide bonds. The molecule has 0 aromatic carbocycles. The molecule has 3 aliphatic heterocycles. The van der Waals surface area contributed by atoms with Gasteiger partial charge in [-0.05, 0) is 0 Å². The molecule has 15 nitrogen and oxygen atoms in total. The van der Waals surface area contributed by atoms with Crippen molar-refractivity contribution in [1.82, 2.24) is 19.5 Å². The predicted octanol–water partition coefficient (Wildman–Crippen LogP) is -1.33. The number of esters is 2. The molecular weight excluding hydrogens is 494 g/mol. The van der Waals surface area contributed by atoms with Crippen LogP contribution in [-0.4, -0.2) is 104 Å². The molecule has 0 bridgehead atoms. The first-order valence-corrected chi connectivity index (χ1v) is 11.7. The smallest absolute Gasteiger partial charge is 0.337 e. The minimum atomic E-state index is -2.33. The standard InChI is InChI=1S/C22H29N5O10/c1-8(2)20(29)36-16-12(28)14(21(30)33-4)35-10-5-9-13(37-22(10,16)31)15(32-3)19(34-9)27-7-26-11-17(23)24-6-25-18(11)27/h6-10,12-16,19,28,31H,5H2,1-4H3,(H2,23,24,25)/t9-,10-,12-,13+,14+,15-,16+,19?,22-/m1/s1. The Bertz CT molecular complexity index is 1190. The molecule has 5 heterocycles. The molecule has 37 heavy (non-hydrogen) atoms. The summed E-state index contributed by atoms with van der Waals surface area (Å²) in [4.78, 5) is 37.3. The lowest BCUT2D eigenvalue weighted by Gasteiger charge is -2.52. The van der Waals surface area contributed by atoms with Gasteiger partial charge < -0.3 is 44.4 Å². The van der Waals surface area contributed by atoms with Crippen molar-refractivity contribution in [2.45, 2.75) is 75.0 Å². The number of carbonyl (C=O) groups is 2. The second-order valence-electron chi connectivity index (χ2n) is 9.49. The first kappa shape index (κ1) is 25.7. The maximum atomic E-state index is 12.5. The van der Waals surface area contributed by atoms with E-state index in [4.69, 9.17) is 34.2 Å². The van der Waals surface area contributed by atoms with Crippen LogP contribution in [0.1, 0.15) is 26.5 Å². The van der Waals surface area contributed by atoms with Gasteiger partial charge in [-0.2, -0.15) is 0 Å². The summed E-state index contributed by atoms with van der Waals surface area (Å²) in [5.41, 5.74) is 6.68. The third-order valence-corrected chi connectivity index (χ3v) is 6.94. The lowest BCUT2D eigenvalue weighted by molar-refractivity contribution is -0.397. The van der Waals surface area contributed by atoms with E-state index < -0.39 is 72.6 Å². The number of carbonyl (C=O) groups excluding carboxylic acids is 2. The molecule has 0 spiro atoms. The van der Waals surface area contributed by atoms with E-state index in [9.17, 15) is 19.8 Å². The summed E-state index contributed by atoms with van der Waals surface area (Å²) in [6, 6.07) is 0. The third-order valence-electron chi connectivity index (χ3n) is 6.94. The van der Waals surface area contributed by atoms with Crippen LogP contribution in [0.4, 0.5) is 5.82 Å². The maximum Gasteiger partial charge on any atom is 0.337 e. The zero-order valence-electron chi connectivity index (χ0n) is 20.6. The van der Waals surface area contributed by atoms with Crippen molar-refractivity contribution in [3.63, 3.8) is 0 Å². The van der Waals surface area contributed by atoms with Crippen LogP contribution in [0, 0.1) is 5.92 Å². The Morgan fingerprint density at radius 1 is 1.24 bits per heavy atom. The van der Waals surface area contributed by atoms with Gasteiger partial charge in [0.1, 0.15) is 36.3 Å². The maximum absolute atomic E-state index is 12.5. The van der Waals surface area contributed by atoms with Gasteiger partial charge in [0.05, 0.1) is 25.5 Å². The number of hydrogen-bond acceptors (Lipinski definition) is 14. The van der Waals surface area contributed by atoms with Gasteiger partial charge in [-0.1, -0.05) is 13.8 Å². The van der Waals surface area contributed by atoms with Crippen molar-refractivity contribution in [1.29, 1.82) is 0 Å². The summed E-state index contributed by atoms with van der Waals surface area (Å²) in [5.74, 6) is -4.33. The molecule has 202 valence electrons. The Morgan fingerprint density at radius 2 is 2.00 bits per heavy atom. The molecule has 0 radical (unpaired) electrons. The van der Waals surface area contributed by atoms with Crippen LogP contribution in [0.15, 0.2) is 12.7 Å². The Labute approximate surface area is 210 Å². The monoisotopic (exact) mass is 523 g/mol. The van der Waals surface area contributed by atoms with Gasteiger partial charge in [0.15, 0.2) is 29.9 Å². The number of fused-ring (bicyclic) bond motifs is 3. The van der Waals surface area contributed by atoms with Crippen LogP contribution in [-0.2, 0) is 38.0 Å². The van der Waals surface area contributed by atoms with Crippen molar-refractivity contribution in [3.05, 3.63) is 12.7 Å². The Hall–Kier alpha value is -2.95. The fourth-order valence-electron chi connectivity index (χ4n) is 5.04. The highest BCUT2D eigenvalue weighted by Gasteiger charge is 2.67. The lowest BCUT2D eigenvalue weighted by Crippen LogP contribution is -2.73. The number of nitrogen functional groups attached to an aromatic ring is 1.